The number of fused-ring (bicyclic) bond motifs is 1. The van der Waals surface area contributed by atoms with Crippen LogP contribution in [0.25, 0.3) is 0 Å². The first kappa shape index (κ1) is 21.8. The first-order valence-corrected chi connectivity index (χ1v) is 9.87. The van der Waals surface area contributed by atoms with E-state index in [2.05, 4.69) is 47.7 Å². The molecular weight excluding hydrogens is 473 g/mol. The molecule has 27 heavy (non-hydrogen) atoms. The normalized spacial score (nSPS) is 14.7. The lowest BCUT2D eigenvalue weighted by Gasteiger charge is -2.18. The summed E-state index contributed by atoms with van der Waals surface area (Å²) in [7, 11) is 1.79. The number of para-hydroxylation sites is 1. The highest BCUT2D eigenvalue weighted by Crippen LogP contribution is 2.33. The van der Waals surface area contributed by atoms with Gasteiger partial charge in [0.15, 0.2) is 17.5 Å². The Kier molecular flexibility index (Phi) is 8.69. The smallest absolute Gasteiger partial charge is 0.191 e. The quantitative estimate of drug-likeness (QED) is 0.368. The zero-order valence-electron chi connectivity index (χ0n) is 16.1. The molecule has 0 spiro atoms. The van der Waals surface area contributed by atoms with Crippen molar-refractivity contribution in [1.29, 1.82) is 0 Å². The standard InChI is InChI=1S/C20H27N3O2S.HI/c1-14(12-17-9-8-15(2)26-17)23-20(21-3)22-13-16-6-4-7-18-19(16)25-11-5-10-24-18;/h4,6-9,14H,5,10-13H2,1-3H3,(H2,21,22,23);1H. The summed E-state index contributed by atoms with van der Waals surface area (Å²) in [5, 5.41) is 6.85. The van der Waals surface area contributed by atoms with Gasteiger partial charge in [-0.2, -0.15) is 0 Å². The summed E-state index contributed by atoms with van der Waals surface area (Å²) in [5.74, 6) is 2.46. The van der Waals surface area contributed by atoms with E-state index in [0.29, 0.717) is 25.8 Å². The van der Waals surface area contributed by atoms with E-state index in [9.17, 15) is 0 Å². The van der Waals surface area contributed by atoms with Gasteiger partial charge in [-0.1, -0.05) is 12.1 Å². The van der Waals surface area contributed by atoms with Gasteiger partial charge in [-0.05, 0) is 32.0 Å². The first-order chi connectivity index (χ1) is 12.7. The van der Waals surface area contributed by atoms with Crippen molar-refractivity contribution >= 4 is 41.3 Å². The highest BCUT2D eigenvalue weighted by atomic mass is 127. The van der Waals surface area contributed by atoms with Crippen molar-refractivity contribution in [2.45, 2.75) is 39.3 Å². The van der Waals surface area contributed by atoms with Crippen LogP contribution in [0.4, 0.5) is 0 Å². The van der Waals surface area contributed by atoms with Crippen molar-refractivity contribution in [3.05, 3.63) is 45.6 Å². The molecule has 7 heteroatoms. The number of rotatable bonds is 5. The van der Waals surface area contributed by atoms with Gasteiger partial charge < -0.3 is 20.1 Å². The topological polar surface area (TPSA) is 54.9 Å². The van der Waals surface area contributed by atoms with Gasteiger partial charge in [0.25, 0.3) is 0 Å². The summed E-state index contributed by atoms with van der Waals surface area (Å²) in [6.07, 6.45) is 1.89. The monoisotopic (exact) mass is 501 g/mol. The van der Waals surface area contributed by atoms with Crippen LogP contribution in [0.3, 0.4) is 0 Å². The molecule has 1 aliphatic rings. The summed E-state index contributed by atoms with van der Waals surface area (Å²) in [6, 6.07) is 10.7. The lowest BCUT2D eigenvalue weighted by atomic mass is 10.2. The predicted octanol–water partition coefficient (Wildman–Crippen LogP) is 4.13. The predicted molar refractivity (Wildman–Crippen MR) is 123 cm³/mol. The van der Waals surface area contributed by atoms with Gasteiger partial charge in [0, 0.05) is 47.8 Å². The average Bonchev–Trinajstić information content (AvgIpc) is 2.89. The molecule has 0 aliphatic carbocycles. The number of thiophene rings is 1. The Morgan fingerprint density at radius 3 is 2.78 bits per heavy atom. The number of ether oxygens (including phenoxy) is 2. The number of halogens is 1. The second kappa shape index (κ2) is 10.8. The fourth-order valence-corrected chi connectivity index (χ4v) is 3.97. The molecule has 1 unspecified atom stereocenters. The van der Waals surface area contributed by atoms with E-state index < -0.39 is 0 Å². The van der Waals surface area contributed by atoms with Crippen LogP contribution in [0.2, 0.25) is 0 Å². The van der Waals surface area contributed by atoms with Gasteiger partial charge in [-0.15, -0.1) is 35.3 Å². The first-order valence-electron chi connectivity index (χ1n) is 9.05. The molecule has 1 aliphatic heterocycles. The minimum Gasteiger partial charge on any atom is -0.490 e. The number of nitrogens with zero attached hydrogens (tertiary/aromatic N) is 1. The van der Waals surface area contributed by atoms with Gasteiger partial charge in [0.2, 0.25) is 0 Å². The van der Waals surface area contributed by atoms with E-state index in [-0.39, 0.29) is 24.0 Å². The molecule has 0 saturated carbocycles. The maximum atomic E-state index is 5.88. The van der Waals surface area contributed by atoms with E-state index in [1.165, 1.54) is 9.75 Å². The van der Waals surface area contributed by atoms with Crippen LogP contribution in [0.1, 0.15) is 28.7 Å². The van der Waals surface area contributed by atoms with Crippen molar-refractivity contribution < 1.29 is 9.47 Å². The molecule has 1 aromatic carbocycles. The van der Waals surface area contributed by atoms with Crippen LogP contribution in [0, 0.1) is 6.92 Å². The van der Waals surface area contributed by atoms with Gasteiger partial charge >= 0.3 is 0 Å². The van der Waals surface area contributed by atoms with Crippen LogP contribution in [0.15, 0.2) is 35.3 Å². The summed E-state index contributed by atoms with van der Waals surface area (Å²) in [5.41, 5.74) is 1.08. The van der Waals surface area contributed by atoms with Gasteiger partial charge in [0.05, 0.1) is 13.2 Å². The lowest BCUT2D eigenvalue weighted by Crippen LogP contribution is -2.42. The second-order valence-electron chi connectivity index (χ2n) is 6.48. The molecule has 0 fully saturated rings. The lowest BCUT2D eigenvalue weighted by molar-refractivity contribution is 0.296. The summed E-state index contributed by atoms with van der Waals surface area (Å²) >= 11 is 1.85. The molecule has 2 N–H and O–H groups in total. The molecule has 0 amide bonds. The maximum Gasteiger partial charge on any atom is 0.191 e. The van der Waals surface area contributed by atoms with E-state index in [1.807, 2.05) is 23.5 Å². The fraction of sp³-hybridized carbons (Fsp3) is 0.450. The second-order valence-corrected chi connectivity index (χ2v) is 7.85. The summed E-state index contributed by atoms with van der Waals surface area (Å²) < 4.78 is 11.6. The van der Waals surface area contributed by atoms with Gasteiger partial charge in [-0.3, -0.25) is 4.99 Å². The van der Waals surface area contributed by atoms with Gasteiger partial charge in [-0.25, -0.2) is 0 Å². The fourth-order valence-electron chi connectivity index (χ4n) is 2.95. The molecule has 5 nitrogen and oxygen atoms in total. The zero-order valence-corrected chi connectivity index (χ0v) is 19.2. The molecule has 2 aromatic rings. The summed E-state index contributed by atoms with van der Waals surface area (Å²) in [6.45, 7) is 6.34. The van der Waals surface area contributed by atoms with Crippen molar-refractivity contribution in [2.24, 2.45) is 4.99 Å². The van der Waals surface area contributed by atoms with Crippen molar-refractivity contribution in [2.75, 3.05) is 20.3 Å². The zero-order chi connectivity index (χ0) is 18.4. The van der Waals surface area contributed by atoms with Crippen molar-refractivity contribution in [1.82, 2.24) is 10.6 Å². The number of guanidine groups is 1. The highest BCUT2D eigenvalue weighted by Gasteiger charge is 2.15. The van der Waals surface area contributed by atoms with Crippen molar-refractivity contribution in [3.63, 3.8) is 0 Å². The molecule has 2 heterocycles. The number of aliphatic imine (C=N–C) groups is 1. The SMILES string of the molecule is CN=C(NCc1cccc2c1OCCCO2)NC(C)Cc1ccc(C)s1.I. The van der Waals surface area contributed by atoms with Crippen LogP contribution < -0.4 is 20.1 Å². The van der Waals surface area contributed by atoms with Crippen LogP contribution in [0.5, 0.6) is 11.5 Å². The Labute approximate surface area is 182 Å². The number of benzene rings is 1. The molecule has 1 atom stereocenters. The Morgan fingerprint density at radius 1 is 1.22 bits per heavy atom. The third-order valence-corrected chi connectivity index (χ3v) is 5.23. The third kappa shape index (κ3) is 6.27. The molecule has 148 valence electrons. The number of hydrogen-bond donors (Lipinski definition) is 2. The van der Waals surface area contributed by atoms with Crippen LogP contribution in [-0.2, 0) is 13.0 Å². The van der Waals surface area contributed by atoms with Crippen LogP contribution >= 0.6 is 35.3 Å². The maximum absolute atomic E-state index is 5.88. The van der Waals surface area contributed by atoms with Crippen molar-refractivity contribution in [3.8, 4) is 11.5 Å². The molecule has 1 aromatic heterocycles. The highest BCUT2D eigenvalue weighted by molar-refractivity contribution is 14.0. The molecule has 0 bridgehead atoms. The van der Waals surface area contributed by atoms with Gasteiger partial charge in [0.1, 0.15) is 0 Å². The minimum absolute atomic E-state index is 0. The molecule has 0 saturated heterocycles. The Bertz CT molecular complexity index is 763. The molecule has 3 rings (SSSR count). The van der Waals surface area contributed by atoms with E-state index in [4.69, 9.17) is 9.47 Å². The number of aryl methyl sites for hydroxylation is 1. The average molecular weight is 501 g/mol. The molecular formula is C20H28IN3O2S. The van der Waals surface area contributed by atoms with E-state index in [1.54, 1.807) is 7.05 Å². The number of hydrogen-bond acceptors (Lipinski definition) is 4. The Balaban J connectivity index is 0.00000261. The minimum atomic E-state index is 0. The number of nitrogens with one attached hydrogen (secondary N) is 2. The Hall–Kier alpha value is -1.48. The summed E-state index contributed by atoms with van der Waals surface area (Å²) in [4.78, 5) is 7.08. The Morgan fingerprint density at radius 2 is 2.04 bits per heavy atom. The largest absolute Gasteiger partial charge is 0.490 e. The molecule has 0 radical (unpaired) electrons. The third-order valence-electron chi connectivity index (χ3n) is 4.21. The van der Waals surface area contributed by atoms with E-state index in [0.717, 1.165) is 35.9 Å². The van der Waals surface area contributed by atoms with Crippen LogP contribution in [-0.4, -0.2) is 32.3 Å². The van der Waals surface area contributed by atoms with E-state index >= 15 is 0 Å².